The minimum Gasteiger partial charge on any atom is -0.394 e. The molecule has 22 nitrogen and oxygen atoms in total. The van der Waals surface area contributed by atoms with Crippen LogP contribution in [0.5, 0.6) is 0 Å². The van der Waals surface area contributed by atoms with Crippen molar-refractivity contribution in [2.75, 3.05) is 26.4 Å². The molecule has 3 fully saturated rings. The number of hydrogen-bond donors (Lipinski definition) is 14. The maximum absolute atomic E-state index is 12.4. The minimum atomic E-state index is -2.14. The molecule has 19 atom stereocenters. The van der Waals surface area contributed by atoms with Gasteiger partial charge in [0.25, 0.3) is 0 Å². The lowest BCUT2D eigenvalue weighted by molar-refractivity contribution is -0.351. The van der Waals surface area contributed by atoms with Crippen LogP contribution in [-0.2, 0) is 38.0 Å². The van der Waals surface area contributed by atoms with Gasteiger partial charge in [-0.3, -0.25) is 9.59 Å². The van der Waals surface area contributed by atoms with E-state index in [2.05, 4.69) is 10.6 Å². The van der Waals surface area contributed by atoms with Crippen molar-refractivity contribution in [1.82, 2.24) is 10.6 Å². The molecule has 3 aliphatic rings. The summed E-state index contributed by atoms with van der Waals surface area (Å²) >= 11 is 0. The molecule has 0 radical (unpaired) electrons. The van der Waals surface area contributed by atoms with E-state index < -0.39 is 155 Å². The monoisotopic (exact) mass is 734 g/mol. The lowest BCUT2D eigenvalue weighted by Crippen LogP contribution is -2.70. The Kier molecular flexibility index (Phi) is 16.0. The third kappa shape index (κ3) is 9.80. The van der Waals surface area contributed by atoms with Crippen molar-refractivity contribution in [3.63, 3.8) is 0 Å². The first-order valence-electron chi connectivity index (χ1n) is 15.9. The zero-order valence-corrected chi connectivity index (χ0v) is 27.4. The highest BCUT2D eigenvalue weighted by Gasteiger charge is 2.54. The quantitative estimate of drug-likeness (QED) is 0.0742. The van der Waals surface area contributed by atoms with Gasteiger partial charge in [-0.25, -0.2) is 0 Å². The molecule has 3 aliphatic heterocycles. The Hall–Kier alpha value is -1.78. The molecule has 14 N–H and O–H groups in total. The van der Waals surface area contributed by atoms with E-state index in [1.54, 1.807) is 0 Å². The summed E-state index contributed by atoms with van der Waals surface area (Å²) in [4.78, 5) is 24.4. The van der Waals surface area contributed by atoms with Crippen LogP contribution in [-0.4, -0.2) is 216 Å². The summed E-state index contributed by atoms with van der Waals surface area (Å²) < 4.78 is 34.2. The van der Waals surface area contributed by atoms with Gasteiger partial charge in [0.05, 0.1) is 32.5 Å². The van der Waals surface area contributed by atoms with Crippen molar-refractivity contribution >= 4 is 11.8 Å². The van der Waals surface area contributed by atoms with Gasteiger partial charge < -0.3 is 100 Å². The highest BCUT2D eigenvalue weighted by atomic mass is 16.7. The van der Waals surface area contributed by atoms with Crippen molar-refractivity contribution in [2.45, 2.75) is 137 Å². The van der Waals surface area contributed by atoms with Crippen molar-refractivity contribution in [2.24, 2.45) is 0 Å². The molecule has 292 valence electrons. The fourth-order valence-corrected chi connectivity index (χ4v) is 5.87. The van der Waals surface area contributed by atoms with Crippen LogP contribution in [0.25, 0.3) is 0 Å². The van der Waals surface area contributed by atoms with Crippen molar-refractivity contribution in [3.8, 4) is 0 Å². The highest BCUT2D eigenvalue weighted by molar-refractivity contribution is 5.73. The number of ether oxygens (including phenoxy) is 6. The average Bonchev–Trinajstić information content (AvgIpc) is 3.08. The molecular weight excluding hydrogens is 684 g/mol. The largest absolute Gasteiger partial charge is 0.394 e. The Balaban J connectivity index is 2.02. The number of nitrogens with one attached hydrogen (secondary N) is 2. The van der Waals surface area contributed by atoms with E-state index in [1.807, 2.05) is 0 Å². The van der Waals surface area contributed by atoms with Gasteiger partial charge in [-0.15, -0.1) is 0 Å². The van der Waals surface area contributed by atoms with E-state index in [-0.39, 0.29) is 0 Å². The Labute approximate surface area is 285 Å². The molecular formula is C28H50N2O20. The normalized spacial score (nSPS) is 41.9. The Morgan fingerprint density at radius 2 is 1.22 bits per heavy atom. The second-order valence-corrected chi connectivity index (χ2v) is 12.4. The predicted molar refractivity (Wildman–Crippen MR) is 158 cm³/mol. The molecule has 0 aromatic rings. The van der Waals surface area contributed by atoms with Gasteiger partial charge in [-0.05, 0) is 6.92 Å². The summed E-state index contributed by atoms with van der Waals surface area (Å²) in [7, 11) is 0. The zero-order valence-electron chi connectivity index (χ0n) is 27.4. The summed E-state index contributed by atoms with van der Waals surface area (Å²) in [6, 6.07) is -3.18. The van der Waals surface area contributed by atoms with Gasteiger partial charge in [0.2, 0.25) is 11.8 Å². The van der Waals surface area contributed by atoms with Gasteiger partial charge in [0.1, 0.15) is 91.4 Å². The maximum Gasteiger partial charge on any atom is 0.217 e. The molecule has 0 aliphatic carbocycles. The third-order valence-electron chi connectivity index (χ3n) is 8.64. The molecule has 3 rings (SSSR count). The van der Waals surface area contributed by atoms with E-state index in [0.717, 1.165) is 13.8 Å². The van der Waals surface area contributed by atoms with E-state index >= 15 is 0 Å². The molecule has 0 aromatic heterocycles. The number of amides is 2. The van der Waals surface area contributed by atoms with Gasteiger partial charge in [-0.2, -0.15) is 0 Å². The fraction of sp³-hybridized carbons (Fsp3) is 0.929. The standard InChI is InChI=1S/C28H50N2O20/c1-8-17(38)22(43)23(44)28(45-8)48-14(7-34)24(18(39)11(37)4-31)49-27-16(30-10(3)36)25(20(41)13(6-33)47-27)50-26-15(29-9(2)35)21(42)19(40)12(5-32)46-26/h8,11-28,31-34,37-44H,4-7H2,1-3H3,(H,29,35)(H,30,36)/t8-,11-,12-,13-,14+,15-,16-,17+,18+,19-,20+,21-,22+,23-,24-,25-,26-,27-,28-/m1/s1. The zero-order chi connectivity index (χ0) is 37.6. The van der Waals surface area contributed by atoms with Crippen LogP contribution >= 0.6 is 0 Å². The first-order valence-corrected chi connectivity index (χ1v) is 15.9. The Morgan fingerprint density at radius 1 is 0.660 bits per heavy atom. The smallest absolute Gasteiger partial charge is 0.217 e. The van der Waals surface area contributed by atoms with Crippen LogP contribution < -0.4 is 10.6 Å². The van der Waals surface area contributed by atoms with E-state index in [0.29, 0.717) is 0 Å². The SMILES string of the molecule is CC(=O)N[C@H]1[C@@H](O[C@H]2[C@@H](O)[C@@H](CO)O[C@H](O[C@@H]([C@@H](O)[C@H](O)CO)[C@H](CO)O[C@H]3O[C@H](C)[C@H](O)[C@H](O)[C@H]3O)[C@@H]2NC(C)=O)O[C@H](CO)[C@@H](O)[C@@H]1O. The minimum absolute atomic E-state index is 0.709. The van der Waals surface area contributed by atoms with Crippen LogP contribution in [0.1, 0.15) is 20.8 Å². The molecule has 22 heteroatoms. The second-order valence-electron chi connectivity index (χ2n) is 12.4. The fourth-order valence-electron chi connectivity index (χ4n) is 5.87. The van der Waals surface area contributed by atoms with Gasteiger partial charge in [0.15, 0.2) is 18.9 Å². The second kappa shape index (κ2) is 18.8. The molecule has 2 amide bonds. The average molecular weight is 735 g/mol. The molecule has 3 heterocycles. The number of aliphatic hydroxyl groups excluding tert-OH is 12. The molecule has 50 heavy (non-hydrogen) atoms. The molecule has 0 saturated carbocycles. The van der Waals surface area contributed by atoms with Crippen LogP contribution in [0.4, 0.5) is 0 Å². The molecule has 0 aromatic carbocycles. The van der Waals surface area contributed by atoms with Crippen molar-refractivity contribution < 1.29 is 99.3 Å². The summed E-state index contributed by atoms with van der Waals surface area (Å²) in [6.45, 7) is -0.409. The molecule has 3 saturated heterocycles. The van der Waals surface area contributed by atoms with Gasteiger partial charge in [-0.1, -0.05) is 0 Å². The van der Waals surface area contributed by atoms with E-state index in [1.165, 1.54) is 6.92 Å². The van der Waals surface area contributed by atoms with Crippen LogP contribution in [0.2, 0.25) is 0 Å². The maximum atomic E-state index is 12.4. The summed E-state index contributed by atoms with van der Waals surface area (Å²) in [5.41, 5.74) is 0. The Morgan fingerprint density at radius 3 is 1.76 bits per heavy atom. The predicted octanol–water partition coefficient (Wildman–Crippen LogP) is -8.80. The summed E-state index contributed by atoms with van der Waals surface area (Å²) in [6.07, 6.45) is -29.7. The number of rotatable bonds is 15. The number of hydrogen-bond acceptors (Lipinski definition) is 20. The summed E-state index contributed by atoms with van der Waals surface area (Å²) in [5, 5.41) is 129. The topological polar surface area (TPSA) is 356 Å². The highest BCUT2D eigenvalue weighted by Crippen LogP contribution is 2.32. The lowest BCUT2D eigenvalue weighted by Gasteiger charge is -2.49. The van der Waals surface area contributed by atoms with Gasteiger partial charge in [0, 0.05) is 13.8 Å². The molecule has 0 spiro atoms. The summed E-state index contributed by atoms with van der Waals surface area (Å²) in [5.74, 6) is -1.50. The van der Waals surface area contributed by atoms with Gasteiger partial charge >= 0.3 is 0 Å². The van der Waals surface area contributed by atoms with Crippen molar-refractivity contribution in [3.05, 3.63) is 0 Å². The lowest BCUT2D eigenvalue weighted by atomic mass is 9.94. The number of aliphatic hydroxyl groups is 12. The number of carbonyl (C=O) groups excluding carboxylic acids is 2. The Bertz CT molecular complexity index is 1080. The molecule has 0 bridgehead atoms. The number of carbonyl (C=O) groups is 2. The third-order valence-corrected chi connectivity index (χ3v) is 8.64. The van der Waals surface area contributed by atoms with Crippen LogP contribution in [0, 0.1) is 0 Å². The first kappa shape index (κ1) is 42.6. The van der Waals surface area contributed by atoms with Crippen LogP contribution in [0.15, 0.2) is 0 Å². The first-order chi connectivity index (χ1) is 23.5. The van der Waals surface area contributed by atoms with E-state index in [9.17, 15) is 70.9 Å². The van der Waals surface area contributed by atoms with Crippen molar-refractivity contribution in [1.29, 1.82) is 0 Å². The van der Waals surface area contributed by atoms with Crippen LogP contribution in [0.3, 0.4) is 0 Å². The van der Waals surface area contributed by atoms with E-state index in [4.69, 9.17) is 28.4 Å². The molecule has 0 unspecified atom stereocenters.